The van der Waals surface area contributed by atoms with Crippen LogP contribution >= 0.6 is 15.9 Å². The summed E-state index contributed by atoms with van der Waals surface area (Å²) in [6.07, 6.45) is -2.50. The zero-order chi connectivity index (χ0) is 15.0. The number of rotatable bonds is 6. The summed E-state index contributed by atoms with van der Waals surface area (Å²) in [4.78, 5) is -0.339. The lowest BCUT2D eigenvalue weighted by molar-refractivity contribution is -0.121. The van der Waals surface area contributed by atoms with Gasteiger partial charge in [0.1, 0.15) is 17.2 Å². The van der Waals surface area contributed by atoms with E-state index in [2.05, 4.69) is 21.2 Å². The SMILES string of the molecule is O=S(=O)(NCC(F)(F)F)c1cc(CNC2CC2)oc1Br. The molecule has 2 N–H and O–H groups in total. The van der Waals surface area contributed by atoms with Gasteiger partial charge in [0.15, 0.2) is 4.67 Å². The van der Waals surface area contributed by atoms with Crippen LogP contribution in [0.2, 0.25) is 0 Å². The lowest BCUT2D eigenvalue weighted by Crippen LogP contribution is -2.33. The Bertz CT molecular complexity index is 581. The fourth-order valence-electron chi connectivity index (χ4n) is 1.46. The average Bonchev–Trinajstić information content (AvgIpc) is 3.06. The topological polar surface area (TPSA) is 71.3 Å². The van der Waals surface area contributed by atoms with E-state index in [0.29, 0.717) is 18.3 Å². The Morgan fingerprint density at radius 3 is 2.60 bits per heavy atom. The van der Waals surface area contributed by atoms with Gasteiger partial charge in [-0.3, -0.25) is 0 Å². The van der Waals surface area contributed by atoms with Crippen LogP contribution in [0, 0.1) is 0 Å². The Hall–Kier alpha value is -0.580. The highest BCUT2D eigenvalue weighted by atomic mass is 79.9. The summed E-state index contributed by atoms with van der Waals surface area (Å²) < 4.78 is 66.2. The van der Waals surface area contributed by atoms with E-state index in [4.69, 9.17) is 4.42 Å². The van der Waals surface area contributed by atoms with E-state index in [0.717, 1.165) is 12.8 Å². The van der Waals surface area contributed by atoms with Crippen molar-refractivity contribution in [3.63, 3.8) is 0 Å². The van der Waals surface area contributed by atoms with Gasteiger partial charge in [-0.1, -0.05) is 0 Å². The predicted octanol–water partition coefficient (Wildman–Crippen LogP) is 2.13. The molecule has 10 heteroatoms. The Morgan fingerprint density at radius 1 is 1.40 bits per heavy atom. The normalized spacial score (nSPS) is 16.6. The van der Waals surface area contributed by atoms with Gasteiger partial charge in [0.05, 0.1) is 6.54 Å². The van der Waals surface area contributed by atoms with Crippen molar-refractivity contribution in [3.05, 3.63) is 16.5 Å². The molecule has 0 bridgehead atoms. The van der Waals surface area contributed by atoms with E-state index < -0.39 is 22.7 Å². The highest BCUT2D eigenvalue weighted by Gasteiger charge is 2.32. The van der Waals surface area contributed by atoms with Crippen molar-refractivity contribution >= 4 is 26.0 Å². The molecule has 0 amide bonds. The lowest BCUT2D eigenvalue weighted by atomic mass is 10.4. The van der Waals surface area contributed by atoms with Crippen LogP contribution < -0.4 is 10.0 Å². The van der Waals surface area contributed by atoms with Crippen molar-refractivity contribution in [1.29, 1.82) is 0 Å². The van der Waals surface area contributed by atoms with Crippen LogP contribution in [0.3, 0.4) is 0 Å². The highest BCUT2D eigenvalue weighted by molar-refractivity contribution is 9.10. The molecule has 2 rings (SSSR count). The molecular weight excluding hydrogens is 365 g/mol. The molecule has 0 unspecified atom stereocenters. The van der Waals surface area contributed by atoms with Crippen molar-refractivity contribution in [2.24, 2.45) is 0 Å². The summed E-state index contributed by atoms with van der Waals surface area (Å²) in [6.45, 7) is -1.29. The molecule has 1 aromatic rings. The van der Waals surface area contributed by atoms with Crippen molar-refractivity contribution in [2.75, 3.05) is 6.54 Å². The first-order valence-corrected chi connectivity index (χ1v) is 8.03. The molecule has 5 nitrogen and oxygen atoms in total. The largest absolute Gasteiger partial charge is 0.452 e. The molecule has 1 aliphatic carbocycles. The van der Waals surface area contributed by atoms with Crippen LogP contribution in [0.5, 0.6) is 0 Å². The van der Waals surface area contributed by atoms with Crippen molar-refractivity contribution in [3.8, 4) is 0 Å². The van der Waals surface area contributed by atoms with Crippen LogP contribution in [0.4, 0.5) is 13.2 Å². The molecule has 1 fully saturated rings. The quantitative estimate of drug-likeness (QED) is 0.797. The number of nitrogens with one attached hydrogen (secondary N) is 2. The van der Waals surface area contributed by atoms with E-state index in [9.17, 15) is 21.6 Å². The molecule has 1 heterocycles. The van der Waals surface area contributed by atoms with E-state index in [1.165, 1.54) is 10.8 Å². The second kappa shape index (κ2) is 5.66. The third-order valence-corrected chi connectivity index (χ3v) is 4.86. The summed E-state index contributed by atoms with van der Waals surface area (Å²) in [5.74, 6) is 0.344. The van der Waals surface area contributed by atoms with Gasteiger partial charge in [-0.2, -0.15) is 13.2 Å². The van der Waals surface area contributed by atoms with Gasteiger partial charge in [-0.15, -0.1) is 0 Å². The first kappa shape index (κ1) is 15.8. The predicted molar refractivity (Wildman–Crippen MR) is 67.5 cm³/mol. The molecule has 0 radical (unpaired) electrons. The molecule has 0 aliphatic heterocycles. The summed E-state index contributed by atoms with van der Waals surface area (Å²) in [6, 6.07) is 1.61. The Balaban J connectivity index is 2.05. The molecule has 0 saturated heterocycles. The third-order valence-electron chi connectivity index (χ3n) is 2.60. The van der Waals surface area contributed by atoms with Crippen molar-refractivity contribution in [2.45, 2.75) is 36.5 Å². The van der Waals surface area contributed by atoms with Crippen molar-refractivity contribution < 1.29 is 26.0 Å². The van der Waals surface area contributed by atoms with Crippen LogP contribution in [0.15, 0.2) is 20.0 Å². The molecule has 20 heavy (non-hydrogen) atoms. The maximum Gasteiger partial charge on any atom is 0.402 e. The van der Waals surface area contributed by atoms with Crippen LogP contribution in [0.25, 0.3) is 0 Å². The van der Waals surface area contributed by atoms with E-state index in [1.807, 2.05) is 0 Å². The molecule has 1 aromatic heterocycles. The van der Waals surface area contributed by atoms with Crippen LogP contribution in [0.1, 0.15) is 18.6 Å². The van der Waals surface area contributed by atoms with E-state index in [1.54, 1.807) is 0 Å². The zero-order valence-corrected chi connectivity index (χ0v) is 12.5. The molecule has 114 valence electrons. The fourth-order valence-corrected chi connectivity index (χ4v) is 3.47. The monoisotopic (exact) mass is 376 g/mol. The smallest absolute Gasteiger partial charge is 0.402 e. The van der Waals surface area contributed by atoms with Gasteiger partial charge in [-0.05, 0) is 28.8 Å². The minimum Gasteiger partial charge on any atom is -0.452 e. The molecule has 0 aromatic carbocycles. The number of alkyl halides is 3. The Kier molecular flexibility index (Phi) is 4.47. The summed E-state index contributed by atoms with van der Waals surface area (Å²) in [5, 5.41) is 3.11. The molecule has 0 atom stereocenters. The highest BCUT2D eigenvalue weighted by Crippen LogP contribution is 2.27. The first-order chi connectivity index (χ1) is 9.17. The standard InChI is InChI=1S/C10H12BrF3N2O3S/c11-9-8(20(17,18)16-5-10(12,13)14)3-7(19-9)4-15-6-1-2-6/h3,6,15-16H,1-2,4-5H2. The number of hydrogen-bond acceptors (Lipinski definition) is 4. The first-order valence-electron chi connectivity index (χ1n) is 5.75. The fraction of sp³-hybridized carbons (Fsp3) is 0.600. The number of hydrogen-bond donors (Lipinski definition) is 2. The molecule has 1 saturated carbocycles. The van der Waals surface area contributed by atoms with Gasteiger partial charge in [0.25, 0.3) is 0 Å². The lowest BCUT2D eigenvalue weighted by Gasteiger charge is -2.07. The zero-order valence-electron chi connectivity index (χ0n) is 10.1. The number of sulfonamides is 1. The Morgan fingerprint density at radius 2 is 2.05 bits per heavy atom. The summed E-state index contributed by atoms with van der Waals surface area (Å²) in [5.41, 5.74) is 0. The van der Waals surface area contributed by atoms with Crippen LogP contribution in [-0.4, -0.2) is 27.2 Å². The molecule has 0 spiro atoms. The summed E-state index contributed by atoms with van der Waals surface area (Å²) in [7, 11) is -4.26. The van der Waals surface area contributed by atoms with E-state index >= 15 is 0 Å². The van der Waals surface area contributed by atoms with Crippen LogP contribution in [-0.2, 0) is 16.6 Å². The van der Waals surface area contributed by atoms with Gasteiger partial charge < -0.3 is 9.73 Å². The second-order valence-electron chi connectivity index (χ2n) is 4.45. The average molecular weight is 377 g/mol. The molecule has 1 aliphatic rings. The maximum atomic E-state index is 12.1. The van der Waals surface area contributed by atoms with Crippen molar-refractivity contribution in [1.82, 2.24) is 10.0 Å². The number of furan rings is 1. The summed E-state index contributed by atoms with van der Waals surface area (Å²) >= 11 is 2.90. The Labute approximate surface area is 122 Å². The minimum atomic E-state index is -4.61. The van der Waals surface area contributed by atoms with Gasteiger partial charge >= 0.3 is 6.18 Å². The number of halogens is 4. The van der Waals surface area contributed by atoms with Gasteiger partial charge in [0.2, 0.25) is 10.0 Å². The van der Waals surface area contributed by atoms with Gasteiger partial charge in [-0.25, -0.2) is 13.1 Å². The second-order valence-corrected chi connectivity index (χ2v) is 6.90. The van der Waals surface area contributed by atoms with Gasteiger partial charge in [0, 0.05) is 12.1 Å². The third kappa shape index (κ3) is 4.47. The minimum absolute atomic E-state index is 0.111. The molecular formula is C10H12BrF3N2O3S. The maximum absolute atomic E-state index is 12.1. The van der Waals surface area contributed by atoms with E-state index in [-0.39, 0.29) is 9.56 Å².